The van der Waals surface area contributed by atoms with Gasteiger partial charge in [-0.15, -0.1) is 0 Å². The number of piperidine rings is 1. The molecule has 2 heterocycles. The lowest BCUT2D eigenvalue weighted by molar-refractivity contribution is 0.150. The number of aromatic nitrogens is 1. The summed E-state index contributed by atoms with van der Waals surface area (Å²) in [7, 11) is 0. The van der Waals surface area contributed by atoms with Gasteiger partial charge in [0, 0.05) is 12.7 Å². The first kappa shape index (κ1) is 12.5. The Morgan fingerprint density at radius 2 is 2.11 bits per heavy atom. The highest BCUT2D eigenvalue weighted by atomic mass is 15.1. The molecule has 0 bridgehead atoms. The molecule has 0 aromatic carbocycles. The van der Waals surface area contributed by atoms with Crippen molar-refractivity contribution in [3.63, 3.8) is 0 Å². The van der Waals surface area contributed by atoms with Gasteiger partial charge in [-0.1, -0.05) is 0 Å². The molecule has 1 saturated heterocycles. The van der Waals surface area contributed by atoms with Crippen molar-refractivity contribution in [3.05, 3.63) is 29.6 Å². The summed E-state index contributed by atoms with van der Waals surface area (Å²) in [5.74, 6) is 0. The van der Waals surface area contributed by atoms with Crippen LogP contribution in [-0.2, 0) is 6.54 Å². The van der Waals surface area contributed by atoms with Crippen LogP contribution in [0, 0.1) is 28.1 Å². The van der Waals surface area contributed by atoms with E-state index < -0.39 is 0 Å². The van der Waals surface area contributed by atoms with E-state index >= 15 is 0 Å². The number of likely N-dealkylation sites (tertiary alicyclic amines) is 1. The van der Waals surface area contributed by atoms with Crippen LogP contribution in [-0.4, -0.2) is 23.0 Å². The third-order valence-electron chi connectivity index (χ3n) is 3.57. The van der Waals surface area contributed by atoms with Gasteiger partial charge in [0.25, 0.3) is 0 Å². The van der Waals surface area contributed by atoms with Gasteiger partial charge in [-0.2, -0.15) is 10.5 Å². The molecular formula is C14H16N4. The second-order valence-corrected chi connectivity index (χ2v) is 5.11. The molecule has 2 rings (SSSR count). The zero-order valence-electron chi connectivity index (χ0n) is 10.6. The molecule has 92 valence electrons. The summed E-state index contributed by atoms with van der Waals surface area (Å²) in [4.78, 5) is 6.29. The predicted octanol–water partition coefficient (Wildman–Crippen LogP) is 2.08. The third kappa shape index (κ3) is 2.85. The first-order valence-electron chi connectivity index (χ1n) is 6.14. The van der Waals surface area contributed by atoms with Crippen LogP contribution >= 0.6 is 0 Å². The second kappa shape index (κ2) is 5.16. The van der Waals surface area contributed by atoms with Gasteiger partial charge in [-0.3, -0.25) is 4.90 Å². The molecule has 1 aliphatic rings. The average Bonchev–Trinajstić information content (AvgIpc) is 2.42. The summed E-state index contributed by atoms with van der Waals surface area (Å²) in [6.07, 6.45) is 3.51. The summed E-state index contributed by atoms with van der Waals surface area (Å²) < 4.78 is 0. The van der Waals surface area contributed by atoms with Crippen molar-refractivity contribution in [2.45, 2.75) is 26.3 Å². The molecule has 4 heteroatoms. The molecule has 0 N–H and O–H groups in total. The van der Waals surface area contributed by atoms with Gasteiger partial charge in [0.05, 0.1) is 11.5 Å². The van der Waals surface area contributed by atoms with Gasteiger partial charge in [0.1, 0.15) is 11.8 Å². The van der Waals surface area contributed by atoms with Gasteiger partial charge >= 0.3 is 0 Å². The van der Waals surface area contributed by atoms with Crippen molar-refractivity contribution >= 4 is 0 Å². The lowest BCUT2D eigenvalue weighted by Crippen LogP contribution is -2.37. The van der Waals surface area contributed by atoms with E-state index in [0.717, 1.165) is 38.0 Å². The molecule has 0 unspecified atom stereocenters. The Hall–Kier alpha value is -1.91. The van der Waals surface area contributed by atoms with E-state index in [1.165, 1.54) is 0 Å². The van der Waals surface area contributed by atoms with Crippen LogP contribution in [0.5, 0.6) is 0 Å². The monoisotopic (exact) mass is 240 g/mol. The van der Waals surface area contributed by atoms with Crippen molar-refractivity contribution in [1.29, 1.82) is 10.5 Å². The third-order valence-corrected chi connectivity index (χ3v) is 3.57. The van der Waals surface area contributed by atoms with E-state index in [-0.39, 0.29) is 5.41 Å². The molecule has 0 amide bonds. The maximum absolute atomic E-state index is 9.08. The Kier molecular flexibility index (Phi) is 3.60. The number of nitriles is 2. The van der Waals surface area contributed by atoms with E-state index in [1.54, 1.807) is 6.20 Å². The van der Waals surface area contributed by atoms with E-state index in [1.807, 2.05) is 19.1 Å². The molecule has 1 aromatic heterocycles. The van der Waals surface area contributed by atoms with Gasteiger partial charge in [-0.05, 0) is 50.6 Å². The van der Waals surface area contributed by atoms with Gasteiger partial charge in [0.15, 0.2) is 0 Å². The summed E-state index contributed by atoms with van der Waals surface area (Å²) in [6.45, 7) is 4.74. The maximum atomic E-state index is 9.08. The molecule has 18 heavy (non-hydrogen) atoms. The maximum Gasteiger partial charge on any atom is 0.140 e. The Morgan fingerprint density at radius 3 is 2.72 bits per heavy atom. The van der Waals surface area contributed by atoms with E-state index in [9.17, 15) is 0 Å². The molecule has 0 radical (unpaired) electrons. The van der Waals surface area contributed by atoms with Crippen molar-refractivity contribution in [3.8, 4) is 12.1 Å². The second-order valence-electron chi connectivity index (χ2n) is 5.11. The lowest BCUT2D eigenvalue weighted by Gasteiger charge is -2.34. The molecule has 1 fully saturated rings. The van der Waals surface area contributed by atoms with E-state index in [0.29, 0.717) is 5.69 Å². The molecule has 1 aromatic rings. The number of nitrogens with zero attached hydrogens (tertiary/aromatic N) is 4. The molecule has 0 saturated carbocycles. The van der Waals surface area contributed by atoms with Gasteiger partial charge in [0.2, 0.25) is 0 Å². The number of rotatable bonds is 2. The van der Waals surface area contributed by atoms with Crippen LogP contribution in [0.25, 0.3) is 0 Å². The quantitative estimate of drug-likeness (QED) is 0.794. The highest BCUT2D eigenvalue weighted by Gasteiger charge is 2.29. The molecule has 1 aliphatic heterocycles. The van der Waals surface area contributed by atoms with Crippen LogP contribution in [0.2, 0.25) is 0 Å². The summed E-state index contributed by atoms with van der Waals surface area (Å²) in [5, 5.41) is 17.9. The number of hydrogen-bond donors (Lipinski definition) is 0. The Morgan fingerprint density at radius 1 is 1.39 bits per heavy atom. The van der Waals surface area contributed by atoms with Crippen LogP contribution < -0.4 is 0 Å². The number of pyridine rings is 1. The molecule has 0 aliphatic carbocycles. The Balaban J connectivity index is 1.96. The number of hydrogen-bond acceptors (Lipinski definition) is 4. The zero-order chi connectivity index (χ0) is 13.0. The topological polar surface area (TPSA) is 63.7 Å². The molecule has 4 nitrogen and oxygen atoms in total. The van der Waals surface area contributed by atoms with Crippen molar-refractivity contribution in [2.24, 2.45) is 5.41 Å². The smallest absolute Gasteiger partial charge is 0.140 e. The van der Waals surface area contributed by atoms with E-state index in [2.05, 4.69) is 22.0 Å². The summed E-state index contributed by atoms with van der Waals surface area (Å²) >= 11 is 0. The molecule has 0 spiro atoms. The average molecular weight is 240 g/mol. The van der Waals surface area contributed by atoms with Crippen molar-refractivity contribution in [2.75, 3.05) is 13.1 Å². The zero-order valence-corrected chi connectivity index (χ0v) is 10.6. The standard InChI is InChI=1S/C14H16N4/c1-14(11-16)3-6-18(7-4-14)10-12-2-5-17-13(8-12)9-15/h2,5,8H,3-4,6-7,10H2,1H3. The van der Waals surface area contributed by atoms with Crippen LogP contribution in [0.3, 0.4) is 0 Å². The van der Waals surface area contributed by atoms with Crippen LogP contribution in [0.15, 0.2) is 18.3 Å². The predicted molar refractivity (Wildman–Crippen MR) is 67.2 cm³/mol. The van der Waals surface area contributed by atoms with Crippen molar-refractivity contribution < 1.29 is 0 Å². The van der Waals surface area contributed by atoms with E-state index in [4.69, 9.17) is 10.5 Å². The summed E-state index contributed by atoms with van der Waals surface area (Å²) in [5.41, 5.74) is 1.42. The van der Waals surface area contributed by atoms with Gasteiger partial charge in [-0.25, -0.2) is 4.98 Å². The fourth-order valence-electron chi connectivity index (χ4n) is 2.21. The lowest BCUT2D eigenvalue weighted by atomic mass is 9.82. The Bertz CT molecular complexity index is 501. The normalized spacial score (nSPS) is 18.8. The van der Waals surface area contributed by atoms with Gasteiger partial charge < -0.3 is 0 Å². The minimum absolute atomic E-state index is 0.160. The highest BCUT2D eigenvalue weighted by molar-refractivity contribution is 5.25. The largest absolute Gasteiger partial charge is 0.299 e. The minimum Gasteiger partial charge on any atom is -0.299 e. The fourth-order valence-corrected chi connectivity index (χ4v) is 2.21. The fraction of sp³-hybridized carbons (Fsp3) is 0.500. The minimum atomic E-state index is -0.160. The van der Waals surface area contributed by atoms with Crippen LogP contribution in [0.1, 0.15) is 31.0 Å². The van der Waals surface area contributed by atoms with Crippen LogP contribution in [0.4, 0.5) is 0 Å². The molecule has 0 atom stereocenters. The SMILES string of the molecule is CC1(C#N)CCN(Cc2ccnc(C#N)c2)CC1. The van der Waals surface area contributed by atoms with Crippen molar-refractivity contribution in [1.82, 2.24) is 9.88 Å². The summed E-state index contributed by atoms with van der Waals surface area (Å²) in [6, 6.07) is 8.23. The Labute approximate surface area is 107 Å². The molecular weight excluding hydrogens is 224 g/mol. The highest BCUT2D eigenvalue weighted by Crippen LogP contribution is 2.30. The first-order valence-corrected chi connectivity index (χ1v) is 6.14. The first-order chi connectivity index (χ1) is 8.65.